The lowest BCUT2D eigenvalue weighted by Crippen LogP contribution is -2.31. The second-order valence-corrected chi connectivity index (χ2v) is 6.82. The lowest BCUT2D eigenvalue weighted by Gasteiger charge is -2.20. The van der Waals surface area contributed by atoms with Crippen LogP contribution >= 0.6 is 11.3 Å². The van der Waals surface area contributed by atoms with Crippen LogP contribution in [0.25, 0.3) is 0 Å². The number of carbonyl (C=O) groups excluding carboxylic acids is 2. The molecule has 1 N–H and O–H groups in total. The van der Waals surface area contributed by atoms with Gasteiger partial charge in [0.15, 0.2) is 5.69 Å². The van der Waals surface area contributed by atoms with Gasteiger partial charge in [-0.05, 0) is 25.5 Å². The summed E-state index contributed by atoms with van der Waals surface area (Å²) in [6.07, 6.45) is -3.35. The van der Waals surface area contributed by atoms with Crippen LogP contribution in [0.15, 0.2) is 29.6 Å². The van der Waals surface area contributed by atoms with E-state index in [-0.39, 0.29) is 10.9 Å². The van der Waals surface area contributed by atoms with Gasteiger partial charge in [0.25, 0.3) is 5.91 Å². The molecule has 1 fully saturated rings. The molecule has 1 unspecified atom stereocenters. The zero-order valence-corrected chi connectivity index (χ0v) is 14.7. The molecule has 3 rings (SSSR count). The number of rotatable bonds is 4. The number of hydrogen-bond acceptors (Lipinski definition) is 4. The van der Waals surface area contributed by atoms with Gasteiger partial charge in [0, 0.05) is 18.3 Å². The fraction of sp³-hybridized carbons (Fsp3) is 0.353. The van der Waals surface area contributed by atoms with Gasteiger partial charge in [0.1, 0.15) is 5.01 Å². The van der Waals surface area contributed by atoms with E-state index < -0.39 is 23.8 Å². The van der Waals surface area contributed by atoms with E-state index in [1.807, 2.05) is 0 Å². The second-order valence-electron chi connectivity index (χ2n) is 5.93. The quantitative estimate of drug-likeness (QED) is 0.874. The van der Waals surface area contributed by atoms with Gasteiger partial charge in [-0.15, -0.1) is 11.3 Å². The molecule has 0 bridgehead atoms. The van der Waals surface area contributed by atoms with Gasteiger partial charge >= 0.3 is 6.18 Å². The van der Waals surface area contributed by atoms with Crippen LogP contribution in [0.5, 0.6) is 0 Å². The second kappa shape index (κ2) is 7.06. The predicted molar refractivity (Wildman–Crippen MR) is 91.0 cm³/mol. The molecule has 0 saturated carbocycles. The first-order valence-corrected chi connectivity index (χ1v) is 8.88. The standard InChI is InChI=1S/C17H16F3N3O2S/c1-10(16-22-13(9-26-16)17(18,19)20)21-15(25)11-5-2-3-6-12(11)23-8-4-7-14(23)24/h2-3,5-6,9-10H,4,7-8H2,1H3,(H,21,25). The lowest BCUT2D eigenvalue weighted by atomic mass is 10.1. The molecule has 0 aliphatic carbocycles. The molecule has 2 heterocycles. The maximum absolute atomic E-state index is 12.7. The Bertz CT molecular complexity index is 835. The van der Waals surface area contributed by atoms with Crippen molar-refractivity contribution in [2.75, 3.05) is 11.4 Å². The van der Waals surface area contributed by atoms with Crippen molar-refractivity contribution in [2.45, 2.75) is 32.0 Å². The first-order valence-electron chi connectivity index (χ1n) is 8.00. The van der Waals surface area contributed by atoms with E-state index in [4.69, 9.17) is 0 Å². The number of thiazole rings is 1. The number of benzene rings is 1. The first kappa shape index (κ1) is 18.4. The zero-order chi connectivity index (χ0) is 18.9. The number of halogens is 3. The molecular weight excluding hydrogens is 367 g/mol. The minimum atomic E-state index is -4.51. The van der Waals surface area contributed by atoms with Gasteiger partial charge in [-0.2, -0.15) is 13.2 Å². The predicted octanol–water partition coefficient (Wildman–Crippen LogP) is 3.78. The summed E-state index contributed by atoms with van der Waals surface area (Å²) >= 11 is 0.841. The molecule has 5 nitrogen and oxygen atoms in total. The van der Waals surface area contributed by atoms with Crippen LogP contribution in [-0.2, 0) is 11.0 Å². The highest BCUT2D eigenvalue weighted by Crippen LogP contribution is 2.32. The Labute approximate surface area is 151 Å². The summed E-state index contributed by atoms with van der Waals surface area (Å²) in [6.45, 7) is 2.11. The molecule has 0 spiro atoms. The van der Waals surface area contributed by atoms with Gasteiger partial charge in [-0.25, -0.2) is 4.98 Å². The largest absolute Gasteiger partial charge is 0.434 e. The minimum absolute atomic E-state index is 0.0481. The molecule has 0 radical (unpaired) electrons. The Hall–Kier alpha value is -2.42. The molecule has 1 aliphatic rings. The van der Waals surface area contributed by atoms with Crippen molar-refractivity contribution >= 4 is 28.8 Å². The number of nitrogens with zero attached hydrogens (tertiary/aromatic N) is 2. The van der Waals surface area contributed by atoms with Crippen LogP contribution in [0.1, 0.15) is 46.9 Å². The van der Waals surface area contributed by atoms with Crippen molar-refractivity contribution in [2.24, 2.45) is 0 Å². The van der Waals surface area contributed by atoms with Crippen LogP contribution < -0.4 is 10.2 Å². The molecule has 1 aliphatic heterocycles. The molecule has 9 heteroatoms. The van der Waals surface area contributed by atoms with E-state index in [0.29, 0.717) is 24.2 Å². The molecule has 26 heavy (non-hydrogen) atoms. The third-order valence-corrected chi connectivity index (χ3v) is 5.07. The van der Waals surface area contributed by atoms with Gasteiger partial charge < -0.3 is 10.2 Å². The number of alkyl halides is 3. The Balaban J connectivity index is 1.78. The van der Waals surface area contributed by atoms with Crippen LogP contribution in [0.4, 0.5) is 18.9 Å². The van der Waals surface area contributed by atoms with Gasteiger partial charge in [0.2, 0.25) is 5.91 Å². The number of aromatic nitrogens is 1. The third-order valence-electron chi connectivity index (χ3n) is 4.04. The Kier molecular flexibility index (Phi) is 4.99. The summed E-state index contributed by atoms with van der Waals surface area (Å²) in [5.41, 5.74) is -0.154. The fourth-order valence-electron chi connectivity index (χ4n) is 2.76. The molecule has 1 atom stereocenters. The Morgan fingerprint density at radius 2 is 2.08 bits per heavy atom. The normalized spacial score (nSPS) is 16.0. The van der Waals surface area contributed by atoms with Crippen LogP contribution in [0.2, 0.25) is 0 Å². The molecule has 138 valence electrons. The first-order chi connectivity index (χ1) is 12.3. The monoisotopic (exact) mass is 383 g/mol. The van der Waals surface area contributed by atoms with Gasteiger partial charge in [0.05, 0.1) is 17.3 Å². The fourth-order valence-corrected chi connectivity index (χ4v) is 3.59. The maximum atomic E-state index is 12.7. The number of anilines is 1. The van der Waals surface area contributed by atoms with Crippen LogP contribution in [-0.4, -0.2) is 23.3 Å². The highest BCUT2D eigenvalue weighted by atomic mass is 32.1. The molecule has 2 aromatic rings. The topological polar surface area (TPSA) is 62.3 Å². The van der Waals surface area contributed by atoms with Crippen molar-refractivity contribution in [1.82, 2.24) is 10.3 Å². The molecule has 2 amide bonds. The number of para-hydroxylation sites is 1. The number of carbonyl (C=O) groups is 2. The van der Waals surface area contributed by atoms with E-state index in [1.54, 1.807) is 36.1 Å². The highest BCUT2D eigenvalue weighted by Gasteiger charge is 2.34. The van der Waals surface area contributed by atoms with E-state index in [9.17, 15) is 22.8 Å². The van der Waals surface area contributed by atoms with Crippen molar-refractivity contribution in [3.05, 3.63) is 45.9 Å². The van der Waals surface area contributed by atoms with Crippen LogP contribution in [0.3, 0.4) is 0 Å². The van der Waals surface area contributed by atoms with E-state index >= 15 is 0 Å². The van der Waals surface area contributed by atoms with E-state index in [2.05, 4.69) is 10.3 Å². The average molecular weight is 383 g/mol. The summed E-state index contributed by atoms with van der Waals surface area (Å²) < 4.78 is 38.0. The van der Waals surface area contributed by atoms with E-state index in [1.165, 1.54) is 0 Å². The smallest absolute Gasteiger partial charge is 0.343 e. The van der Waals surface area contributed by atoms with Gasteiger partial charge in [-0.3, -0.25) is 9.59 Å². The molecule has 1 saturated heterocycles. The Morgan fingerprint density at radius 1 is 1.35 bits per heavy atom. The van der Waals surface area contributed by atoms with Crippen molar-refractivity contribution in [3.8, 4) is 0 Å². The summed E-state index contributed by atoms with van der Waals surface area (Å²) in [4.78, 5) is 29.7. The number of nitrogens with one attached hydrogen (secondary N) is 1. The lowest BCUT2D eigenvalue weighted by molar-refractivity contribution is -0.140. The molecule has 1 aromatic heterocycles. The highest BCUT2D eigenvalue weighted by molar-refractivity contribution is 7.09. The van der Waals surface area contributed by atoms with Gasteiger partial charge in [-0.1, -0.05) is 12.1 Å². The summed E-state index contributed by atoms with van der Waals surface area (Å²) in [5.74, 6) is -0.510. The molecule has 1 aromatic carbocycles. The molecular formula is C17H16F3N3O2S. The zero-order valence-electron chi connectivity index (χ0n) is 13.8. The summed E-state index contributed by atoms with van der Waals surface area (Å²) in [7, 11) is 0. The van der Waals surface area contributed by atoms with Crippen LogP contribution in [0, 0.1) is 0 Å². The number of hydrogen-bond donors (Lipinski definition) is 1. The maximum Gasteiger partial charge on any atom is 0.434 e. The minimum Gasteiger partial charge on any atom is -0.343 e. The summed E-state index contributed by atoms with van der Waals surface area (Å²) in [6, 6.07) is 6.00. The van der Waals surface area contributed by atoms with Crippen molar-refractivity contribution in [3.63, 3.8) is 0 Å². The Morgan fingerprint density at radius 3 is 2.69 bits per heavy atom. The number of amides is 2. The van der Waals surface area contributed by atoms with E-state index in [0.717, 1.165) is 23.1 Å². The third kappa shape index (κ3) is 3.72. The van der Waals surface area contributed by atoms with Crippen molar-refractivity contribution < 1.29 is 22.8 Å². The average Bonchev–Trinajstić information content (AvgIpc) is 3.23. The van der Waals surface area contributed by atoms with Crippen molar-refractivity contribution in [1.29, 1.82) is 0 Å². The summed E-state index contributed by atoms with van der Waals surface area (Å²) in [5, 5.41) is 3.75. The SMILES string of the molecule is CC(NC(=O)c1ccccc1N1CCCC1=O)c1nc(C(F)(F)F)cs1.